The van der Waals surface area contributed by atoms with E-state index in [4.69, 9.17) is 28.9 Å². The molecule has 7 heteroatoms. The molecule has 0 spiro atoms. The Balaban J connectivity index is 1.77. The van der Waals surface area contributed by atoms with Crippen LogP contribution in [0.3, 0.4) is 0 Å². The molecule has 2 N–H and O–H groups in total. The minimum Gasteiger partial charge on any atom is -0.381 e. The van der Waals surface area contributed by atoms with Crippen LogP contribution >= 0.6 is 35.0 Å². The van der Waals surface area contributed by atoms with Crippen molar-refractivity contribution in [1.82, 2.24) is 9.97 Å². The number of hydrogen-bond donors (Lipinski definition) is 1. The van der Waals surface area contributed by atoms with Crippen LogP contribution in [-0.2, 0) is 0 Å². The minimum atomic E-state index is 0.397. The van der Waals surface area contributed by atoms with Crippen molar-refractivity contribution in [2.24, 2.45) is 5.41 Å². The Kier molecular flexibility index (Phi) is 5.13. The van der Waals surface area contributed by atoms with Crippen LogP contribution in [0.2, 0.25) is 10.0 Å². The molecule has 2 aromatic rings. The van der Waals surface area contributed by atoms with Crippen molar-refractivity contribution in [3.63, 3.8) is 0 Å². The van der Waals surface area contributed by atoms with E-state index in [2.05, 4.69) is 28.7 Å². The fourth-order valence-corrected chi connectivity index (χ4v) is 3.90. The van der Waals surface area contributed by atoms with Gasteiger partial charge in [0.2, 0.25) is 0 Å². The molecule has 0 radical (unpaired) electrons. The number of nitrogens with zero attached hydrogens (tertiary/aromatic N) is 3. The Morgan fingerprint density at radius 2 is 1.92 bits per heavy atom. The first-order valence-corrected chi connectivity index (χ1v) is 9.42. The zero-order valence-corrected chi connectivity index (χ0v) is 16.0. The van der Waals surface area contributed by atoms with E-state index in [1.807, 2.05) is 12.1 Å². The van der Waals surface area contributed by atoms with Crippen molar-refractivity contribution < 1.29 is 0 Å². The molecule has 1 saturated heterocycles. The van der Waals surface area contributed by atoms with Crippen molar-refractivity contribution in [2.45, 2.75) is 36.6 Å². The molecule has 1 aliphatic rings. The Morgan fingerprint density at radius 3 is 2.58 bits per heavy atom. The summed E-state index contributed by atoms with van der Waals surface area (Å²) in [6, 6.07) is 5.49. The van der Waals surface area contributed by atoms with E-state index in [1.54, 1.807) is 12.3 Å². The number of anilines is 2. The molecule has 0 amide bonds. The first-order valence-electron chi connectivity index (χ1n) is 7.85. The highest BCUT2D eigenvalue weighted by Crippen LogP contribution is 2.38. The average Bonchev–Trinajstić information content (AvgIpc) is 2.53. The van der Waals surface area contributed by atoms with Crippen LogP contribution < -0.4 is 10.6 Å². The average molecular weight is 383 g/mol. The molecule has 1 aromatic heterocycles. The van der Waals surface area contributed by atoms with E-state index in [0.29, 0.717) is 26.3 Å². The van der Waals surface area contributed by atoms with E-state index < -0.39 is 0 Å². The number of rotatable bonds is 3. The summed E-state index contributed by atoms with van der Waals surface area (Å²) < 4.78 is 0. The minimum absolute atomic E-state index is 0.397. The molecule has 0 atom stereocenters. The maximum atomic E-state index is 6.23. The lowest BCUT2D eigenvalue weighted by atomic mass is 9.83. The standard InChI is InChI=1S/C17H20Cl2N4S/c1-17(2)6-8-23(9-7-17)13-10-21-16(15(20)22-13)24-12-5-3-4-11(18)14(12)19/h3-5,10H,6-9H2,1-2H3,(H2,20,22). The van der Waals surface area contributed by atoms with Crippen LogP contribution in [0.4, 0.5) is 11.6 Å². The van der Waals surface area contributed by atoms with E-state index >= 15 is 0 Å². The lowest BCUT2D eigenvalue weighted by Gasteiger charge is -2.37. The summed E-state index contributed by atoms with van der Waals surface area (Å²) in [6.45, 7) is 6.57. The summed E-state index contributed by atoms with van der Waals surface area (Å²) in [7, 11) is 0. The second-order valence-electron chi connectivity index (χ2n) is 6.72. The molecule has 0 unspecified atom stereocenters. The zero-order chi connectivity index (χ0) is 17.3. The van der Waals surface area contributed by atoms with E-state index in [0.717, 1.165) is 36.6 Å². The van der Waals surface area contributed by atoms with Crippen LogP contribution in [0, 0.1) is 5.41 Å². The number of piperidine rings is 1. The van der Waals surface area contributed by atoms with E-state index in [9.17, 15) is 0 Å². The van der Waals surface area contributed by atoms with E-state index in [1.165, 1.54) is 11.8 Å². The maximum absolute atomic E-state index is 6.23. The van der Waals surface area contributed by atoms with Crippen LogP contribution in [0.25, 0.3) is 0 Å². The van der Waals surface area contributed by atoms with Crippen LogP contribution in [0.1, 0.15) is 26.7 Å². The molecule has 3 rings (SSSR count). The summed E-state index contributed by atoms with van der Waals surface area (Å²) in [5.41, 5.74) is 6.52. The molecular weight excluding hydrogens is 363 g/mol. The third-order valence-electron chi connectivity index (χ3n) is 4.32. The molecule has 1 aromatic carbocycles. The quantitative estimate of drug-likeness (QED) is 0.795. The lowest BCUT2D eigenvalue weighted by Crippen LogP contribution is -2.37. The second-order valence-corrected chi connectivity index (χ2v) is 8.54. The maximum Gasteiger partial charge on any atom is 0.158 e. The Labute approximate surface area is 156 Å². The van der Waals surface area contributed by atoms with Crippen LogP contribution in [-0.4, -0.2) is 23.1 Å². The molecule has 4 nitrogen and oxygen atoms in total. The summed E-state index contributed by atoms with van der Waals surface area (Å²) in [6.07, 6.45) is 4.07. The number of hydrogen-bond acceptors (Lipinski definition) is 5. The number of nitrogens with two attached hydrogens (primary N) is 1. The lowest BCUT2D eigenvalue weighted by molar-refractivity contribution is 0.279. The third-order valence-corrected chi connectivity index (χ3v) is 6.31. The van der Waals surface area contributed by atoms with Gasteiger partial charge < -0.3 is 10.6 Å². The van der Waals surface area contributed by atoms with Gasteiger partial charge >= 0.3 is 0 Å². The van der Waals surface area contributed by atoms with Gasteiger partial charge in [0.05, 0.1) is 16.2 Å². The topological polar surface area (TPSA) is 55.0 Å². The van der Waals surface area contributed by atoms with Crippen molar-refractivity contribution >= 4 is 46.6 Å². The molecule has 1 fully saturated rings. The monoisotopic (exact) mass is 382 g/mol. The Morgan fingerprint density at radius 1 is 1.21 bits per heavy atom. The van der Waals surface area contributed by atoms with Gasteiger partial charge in [-0.25, -0.2) is 9.97 Å². The normalized spacial score (nSPS) is 17.1. The summed E-state index contributed by atoms with van der Waals surface area (Å²) >= 11 is 13.7. The van der Waals surface area contributed by atoms with Gasteiger partial charge in [-0.3, -0.25) is 0 Å². The van der Waals surface area contributed by atoms with Crippen molar-refractivity contribution in [3.8, 4) is 0 Å². The fourth-order valence-electron chi connectivity index (χ4n) is 2.62. The highest BCUT2D eigenvalue weighted by atomic mass is 35.5. The van der Waals surface area contributed by atoms with E-state index in [-0.39, 0.29) is 0 Å². The molecule has 0 aliphatic carbocycles. The van der Waals surface area contributed by atoms with Gasteiger partial charge in [0.1, 0.15) is 10.8 Å². The Bertz CT molecular complexity index is 741. The van der Waals surface area contributed by atoms with Crippen molar-refractivity contribution in [2.75, 3.05) is 23.7 Å². The first kappa shape index (κ1) is 17.6. The van der Waals surface area contributed by atoms with Crippen molar-refractivity contribution in [1.29, 1.82) is 0 Å². The molecular formula is C17H20Cl2N4S. The van der Waals surface area contributed by atoms with Gasteiger partial charge in [0.15, 0.2) is 5.82 Å². The van der Waals surface area contributed by atoms with Crippen LogP contribution in [0.15, 0.2) is 34.3 Å². The van der Waals surface area contributed by atoms with Crippen LogP contribution in [0.5, 0.6) is 0 Å². The SMILES string of the molecule is CC1(C)CCN(c2cnc(Sc3cccc(Cl)c3Cl)c(N)n2)CC1. The highest BCUT2D eigenvalue weighted by molar-refractivity contribution is 7.99. The van der Waals surface area contributed by atoms with Gasteiger partial charge in [0.25, 0.3) is 0 Å². The molecule has 128 valence electrons. The largest absolute Gasteiger partial charge is 0.381 e. The van der Waals surface area contributed by atoms with Gasteiger partial charge in [-0.15, -0.1) is 0 Å². The molecule has 1 aliphatic heterocycles. The van der Waals surface area contributed by atoms with Gasteiger partial charge in [0, 0.05) is 18.0 Å². The molecule has 24 heavy (non-hydrogen) atoms. The summed E-state index contributed by atoms with van der Waals surface area (Å²) in [4.78, 5) is 12.1. The molecule has 2 heterocycles. The third kappa shape index (κ3) is 3.90. The molecule has 0 bridgehead atoms. The predicted octanol–water partition coefficient (Wildman–Crippen LogP) is 5.14. The summed E-state index contributed by atoms with van der Waals surface area (Å²) in [5, 5.41) is 1.66. The summed E-state index contributed by atoms with van der Waals surface area (Å²) in [5.74, 6) is 1.25. The highest BCUT2D eigenvalue weighted by Gasteiger charge is 2.26. The van der Waals surface area contributed by atoms with Crippen molar-refractivity contribution in [3.05, 3.63) is 34.4 Å². The number of nitrogen functional groups attached to an aromatic ring is 1. The number of benzene rings is 1. The molecule has 0 saturated carbocycles. The number of aromatic nitrogens is 2. The number of halogens is 2. The Hall–Kier alpha value is -1.17. The predicted molar refractivity (Wildman–Crippen MR) is 102 cm³/mol. The zero-order valence-electron chi connectivity index (χ0n) is 13.7. The smallest absolute Gasteiger partial charge is 0.158 e. The van der Waals surface area contributed by atoms with Gasteiger partial charge in [-0.05, 0) is 30.4 Å². The van der Waals surface area contributed by atoms with Gasteiger partial charge in [-0.1, -0.05) is 54.9 Å². The van der Waals surface area contributed by atoms with Gasteiger partial charge in [-0.2, -0.15) is 0 Å². The second kappa shape index (κ2) is 6.98. The first-order chi connectivity index (χ1) is 11.4. The fraction of sp³-hybridized carbons (Fsp3) is 0.412.